The number of benzene rings is 3. The number of carboxylic acids is 1. The minimum Gasteiger partial charge on any atom is -0.480 e. The average molecular weight is 474 g/mol. The fourth-order valence-electron chi connectivity index (χ4n) is 4.41. The van der Waals surface area contributed by atoms with Gasteiger partial charge in [-0.05, 0) is 34.7 Å². The first-order valence-electron chi connectivity index (χ1n) is 11.5. The molecule has 0 heterocycles. The molecule has 2 atom stereocenters. The zero-order valence-electron chi connectivity index (χ0n) is 19.3. The second-order valence-corrected chi connectivity index (χ2v) is 8.56. The van der Waals surface area contributed by atoms with Crippen molar-refractivity contribution in [3.05, 3.63) is 95.6 Å². The molecule has 0 spiro atoms. The van der Waals surface area contributed by atoms with Gasteiger partial charge < -0.3 is 19.9 Å². The van der Waals surface area contributed by atoms with Crippen molar-refractivity contribution in [1.29, 1.82) is 0 Å². The molecule has 1 aliphatic rings. The summed E-state index contributed by atoms with van der Waals surface area (Å²) in [4.78, 5) is 36.4. The van der Waals surface area contributed by atoms with Crippen LogP contribution in [0.2, 0.25) is 0 Å². The number of alkyl carbamates (subject to hydrolysis) is 1. The summed E-state index contributed by atoms with van der Waals surface area (Å²) in [7, 11) is 0. The van der Waals surface area contributed by atoms with Crippen LogP contribution in [0.25, 0.3) is 11.1 Å². The Morgan fingerprint density at radius 3 is 2.06 bits per heavy atom. The number of hydrogen-bond acceptors (Lipinski definition) is 5. The van der Waals surface area contributed by atoms with Crippen molar-refractivity contribution in [2.45, 2.75) is 37.8 Å². The molecule has 0 radical (unpaired) electrons. The molecule has 0 saturated heterocycles. The van der Waals surface area contributed by atoms with E-state index in [1.807, 2.05) is 78.9 Å². The summed E-state index contributed by atoms with van der Waals surface area (Å²) in [6.45, 7) is 1.78. The lowest BCUT2D eigenvalue weighted by molar-refractivity contribution is -0.152. The number of ether oxygens (including phenoxy) is 2. The van der Waals surface area contributed by atoms with Gasteiger partial charge in [-0.15, -0.1) is 0 Å². The van der Waals surface area contributed by atoms with E-state index in [0.29, 0.717) is 6.42 Å². The molecule has 7 nitrogen and oxygen atoms in total. The van der Waals surface area contributed by atoms with Gasteiger partial charge in [-0.2, -0.15) is 0 Å². The molecule has 3 aromatic rings. The van der Waals surface area contributed by atoms with Gasteiger partial charge in [0.05, 0.1) is 6.42 Å². The first-order valence-corrected chi connectivity index (χ1v) is 11.5. The number of amides is 1. The molecule has 0 fully saturated rings. The fraction of sp³-hybridized carbons (Fsp3) is 0.250. The Labute approximate surface area is 203 Å². The zero-order chi connectivity index (χ0) is 24.8. The Bertz CT molecular complexity index is 1160. The fourth-order valence-corrected chi connectivity index (χ4v) is 4.41. The van der Waals surface area contributed by atoms with Crippen LogP contribution in [0.5, 0.6) is 0 Å². The van der Waals surface area contributed by atoms with E-state index in [9.17, 15) is 19.5 Å². The lowest BCUT2D eigenvalue weighted by Crippen LogP contribution is -2.43. The average Bonchev–Trinajstić information content (AvgIpc) is 3.16. The summed E-state index contributed by atoms with van der Waals surface area (Å²) < 4.78 is 10.7. The van der Waals surface area contributed by atoms with Crippen LogP contribution in [0.1, 0.15) is 36.0 Å². The molecule has 35 heavy (non-hydrogen) atoms. The molecule has 0 bridgehead atoms. The topological polar surface area (TPSA) is 102 Å². The number of carboxylic acid groups (broad SMARTS) is 1. The van der Waals surface area contributed by atoms with Gasteiger partial charge in [-0.25, -0.2) is 9.59 Å². The van der Waals surface area contributed by atoms with E-state index < -0.39 is 36.6 Å². The van der Waals surface area contributed by atoms with Gasteiger partial charge in [0.25, 0.3) is 0 Å². The molecule has 7 heteroatoms. The molecular formula is C28H27NO6. The van der Waals surface area contributed by atoms with Crippen LogP contribution in [-0.4, -0.2) is 41.9 Å². The number of esters is 1. The van der Waals surface area contributed by atoms with Crippen molar-refractivity contribution in [2.24, 2.45) is 0 Å². The van der Waals surface area contributed by atoms with E-state index in [0.717, 1.165) is 27.8 Å². The van der Waals surface area contributed by atoms with Crippen molar-refractivity contribution < 1.29 is 29.0 Å². The Hall–Kier alpha value is -4.13. The summed E-state index contributed by atoms with van der Waals surface area (Å²) in [5.74, 6) is -2.20. The van der Waals surface area contributed by atoms with Gasteiger partial charge in [0.1, 0.15) is 18.8 Å². The van der Waals surface area contributed by atoms with Gasteiger partial charge >= 0.3 is 18.0 Å². The lowest BCUT2D eigenvalue weighted by atomic mass is 9.98. The molecule has 0 unspecified atom stereocenters. The van der Waals surface area contributed by atoms with Crippen LogP contribution in [0.15, 0.2) is 78.9 Å². The summed E-state index contributed by atoms with van der Waals surface area (Å²) in [6, 6.07) is 23.9. The summed E-state index contributed by atoms with van der Waals surface area (Å²) in [5, 5.41) is 11.8. The Morgan fingerprint density at radius 1 is 0.886 bits per heavy atom. The van der Waals surface area contributed by atoms with Crippen LogP contribution >= 0.6 is 0 Å². The predicted molar refractivity (Wildman–Crippen MR) is 130 cm³/mol. The third-order valence-corrected chi connectivity index (χ3v) is 6.00. The molecule has 0 saturated carbocycles. The number of fused-ring (bicyclic) bond motifs is 3. The van der Waals surface area contributed by atoms with Crippen LogP contribution in [-0.2, 0) is 25.5 Å². The molecule has 1 amide bonds. The molecule has 0 aliphatic heterocycles. The van der Waals surface area contributed by atoms with Crippen LogP contribution in [0, 0.1) is 0 Å². The van der Waals surface area contributed by atoms with Gasteiger partial charge in [0, 0.05) is 12.3 Å². The van der Waals surface area contributed by atoms with Crippen LogP contribution in [0.4, 0.5) is 4.79 Å². The quantitative estimate of drug-likeness (QED) is 0.443. The van der Waals surface area contributed by atoms with E-state index in [2.05, 4.69) is 5.32 Å². The number of hydrogen-bond donors (Lipinski definition) is 2. The largest absolute Gasteiger partial charge is 0.480 e. The maximum absolute atomic E-state index is 12.4. The van der Waals surface area contributed by atoms with Gasteiger partial charge in [-0.1, -0.05) is 78.9 Å². The Kier molecular flexibility index (Phi) is 7.45. The normalized spacial score (nSPS) is 13.7. The second-order valence-electron chi connectivity index (χ2n) is 8.56. The van der Waals surface area contributed by atoms with E-state index in [1.165, 1.54) is 0 Å². The van der Waals surface area contributed by atoms with Crippen molar-refractivity contribution in [3.63, 3.8) is 0 Å². The highest BCUT2D eigenvalue weighted by molar-refractivity contribution is 5.85. The molecule has 2 N–H and O–H groups in total. The SMILES string of the molecule is C[C@@H](Cc1ccccc1)OC(=O)C[C@@H](NC(=O)OCC1c2ccccc2-c2ccccc21)C(=O)O. The summed E-state index contributed by atoms with van der Waals surface area (Å²) in [6.07, 6.45) is -1.33. The molecule has 0 aromatic heterocycles. The zero-order valence-corrected chi connectivity index (χ0v) is 19.3. The van der Waals surface area contributed by atoms with Crippen molar-refractivity contribution in [3.8, 4) is 11.1 Å². The second kappa shape index (κ2) is 10.9. The molecule has 3 aromatic carbocycles. The number of nitrogens with one attached hydrogen (secondary N) is 1. The monoisotopic (exact) mass is 473 g/mol. The third kappa shape index (κ3) is 5.87. The van der Waals surface area contributed by atoms with E-state index in [4.69, 9.17) is 9.47 Å². The van der Waals surface area contributed by atoms with Gasteiger partial charge in [-0.3, -0.25) is 4.79 Å². The first-order chi connectivity index (χ1) is 16.9. The van der Waals surface area contributed by atoms with E-state index >= 15 is 0 Å². The Morgan fingerprint density at radius 2 is 1.46 bits per heavy atom. The minimum atomic E-state index is -1.46. The predicted octanol–water partition coefficient (Wildman–Crippen LogP) is 4.54. The lowest BCUT2D eigenvalue weighted by Gasteiger charge is -2.18. The van der Waals surface area contributed by atoms with Crippen molar-refractivity contribution in [1.82, 2.24) is 5.32 Å². The number of rotatable bonds is 9. The van der Waals surface area contributed by atoms with Gasteiger partial charge in [0.2, 0.25) is 0 Å². The van der Waals surface area contributed by atoms with E-state index in [-0.39, 0.29) is 12.5 Å². The highest BCUT2D eigenvalue weighted by Crippen LogP contribution is 2.44. The summed E-state index contributed by atoms with van der Waals surface area (Å²) >= 11 is 0. The van der Waals surface area contributed by atoms with E-state index in [1.54, 1.807) is 6.92 Å². The number of carbonyl (C=O) groups excluding carboxylic acids is 2. The standard InChI is InChI=1S/C28H27NO6/c1-18(15-19-9-3-2-4-10-19)35-26(30)16-25(27(31)32)29-28(33)34-17-24-22-13-7-5-11-20(22)21-12-6-8-14-23(21)24/h2-14,18,24-25H,15-17H2,1H3,(H,29,33)(H,31,32)/t18-,25+/m0/s1. The van der Waals surface area contributed by atoms with Crippen molar-refractivity contribution >= 4 is 18.0 Å². The Balaban J connectivity index is 1.31. The highest BCUT2D eigenvalue weighted by atomic mass is 16.6. The minimum absolute atomic E-state index is 0.0464. The maximum atomic E-state index is 12.4. The molecule has 1 aliphatic carbocycles. The third-order valence-electron chi connectivity index (χ3n) is 6.00. The van der Waals surface area contributed by atoms with Gasteiger partial charge in [0.15, 0.2) is 0 Å². The summed E-state index contributed by atoms with van der Waals surface area (Å²) in [5.41, 5.74) is 5.28. The number of aliphatic carboxylic acids is 1. The number of carbonyl (C=O) groups is 3. The maximum Gasteiger partial charge on any atom is 0.407 e. The molecule has 180 valence electrons. The van der Waals surface area contributed by atoms with Crippen molar-refractivity contribution in [2.75, 3.05) is 6.61 Å². The van der Waals surface area contributed by atoms with Crippen LogP contribution < -0.4 is 5.32 Å². The molecular weight excluding hydrogens is 446 g/mol. The van der Waals surface area contributed by atoms with Crippen LogP contribution in [0.3, 0.4) is 0 Å². The smallest absolute Gasteiger partial charge is 0.407 e. The highest BCUT2D eigenvalue weighted by Gasteiger charge is 2.30. The molecule has 4 rings (SSSR count). The first kappa shape index (κ1) is 24.0.